The van der Waals surface area contributed by atoms with Gasteiger partial charge in [-0.3, -0.25) is 4.57 Å². The number of anilines is 1. The summed E-state index contributed by atoms with van der Waals surface area (Å²) < 4.78 is 32.7. The summed E-state index contributed by atoms with van der Waals surface area (Å²) in [6.07, 6.45) is 3.56. The number of rotatable bonds is 2. The van der Waals surface area contributed by atoms with Gasteiger partial charge >= 0.3 is 12.6 Å². The van der Waals surface area contributed by atoms with Crippen LogP contribution in [-0.4, -0.2) is 49.8 Å². The number of carbonyl (C=O) groups excluding carboxylic acids is 1. The Hall–Kier alpha value is -2.71. The molecule has 168 valence electrons. The molecular weight excluding hydrogens is 404 g/mol. The average molecular weight is 434 g/mol. The molecule has 0 radical (unpaired) electrons. The third-order valence-corrected chi connectivity index (χ3v) is 5.96. The third kappa shape index (κ3) is 4.22. The van der Waals surface area contributed by atoms with Crippen molar-refractivity contribution in [2.75, 3.05) is 18.4 Å². The first-order valence-electron chi connectivity index (χ1n) is 10.6. The first-order chi connectivity index (χ1) is 14.5. The fourth-order valence-electron chi connectivity index (χ4n) is 4.37. The van der Waals surface area contributed by atoms with Crippen LogP contribution in [0.15, 0.2) is 12.3 Å². The monoisotopic (exact) mass is 433 g/mol. The van der Waals surface area contributed by atoms with E-state index in [4.69, 9.17) is 9.72 Å². The van der Waals surface area contributed by atoms with Gasteiger partial charge in [0.05, 0.1) is 11.2 Å². The van der Waals surface area contributed by atoms with Crippen molar-refractivity contribution in [3.05, 3.63) is 29.3 Å². The van der Waals surface area contributed by atoms with Crippen LogP contribution in [0.4, 0.5) is 19.4 Å². The zero-order chi connectivity index (χ0) is 22.6. The van der Waals surface area contributed by atoms with Crippen LogP contribution in [0.2, 0.25) is 0 Å². The number of hydrogen-bond donors (Lipinski definition) is 1. The number of aromatic nitrogens is 3. The molecule has 1 fully saturated rings. The molecule has 0 bridgehead atoms. The highest BCUT2D eigenvalue weighted by atomic mass is 19.3. The molecule has 2 aliphatic rings. The topological polar surface area (TPSA) is 72.3 Å². The van der Waals surface area contributed by atoms with Crippen molar-refractivity contribution in [1.82, 2.24) is 19.4 Å². The van der Waals surface area contributed by atoms with E-state index < -0.39 is 12.2 Å². The molecule has 31 heavy (non-hydrogen) atoms. The summed E-state index contributed by atoms with van der Waals surface area (Å²) in [5.41, 5.74) is 2.28. The molecule has 0 aromatic carbocycles. The summed E-state index contributed by atoms with van der Waals surface area (Å²) in [5, 5.41) is 3.57. The summed E-state index contributed by atoms with van der Waals surface area (Å²) in [6.45, 7) is 7.60. The Bertz CT molecular complexity index is 1010. The molecule has 7 nitrogen and oxygen atoms in total. The van der Waals surface area contributed by atoms with Crippen LogP contribution in [0, 0.1) is 13.8 Å². The van der Waals surface area contributed by atoms with Crippen LogP contribution in [-0.2, 0) is 11.2 Å². The molecule has 0 saturated carbocycles. The summed E-state index contributed by atoms with van der Waals surface area (Å²) >= 11 is 0. The van der Waals surface area contributed by atoms with E-state index in [1.807, 2.05) is 33.8 Å². The highest BCUT2D eigenvalue weighted by Crippen LogP contribution is 2.38. The number of carbonyl (C=O) groups is 1. The molecule has 1 atom stereocenters. The van der Waals surface area contributed by atoms with Gasteiger partial charge in [-0.05, 0) is 65.5 Å². The Morgan fingerprint density at radius 3 is 2.65 bits per heavy atom. The Balaban J connectivity index is 1.54. The number of ether oxygens (including phenoxy) is 1. The van der Waals surface area contributed by atoms with Gasteiger partial charge in [-0.1, -0.05) is 0 Å². The summed E-state index contributed by atoms with van der Waals surface area (Å²) in [4.78, 5) is 23.3. The van der Waals surface area contributed by atoms with Gasteiger partial charge in [0.2, 0.25) is 0 Å². The minimum atomic E-state index is -2.62. The van der Waals surface area contributed by atoms with Crippen molar-refractivity contribution < 1.29 is 18.3 Å². The second-order valence-electron chi connectivity index (χ2n) is 9.54. The molecule has 2 aromatic rings. The van der Waals surface area contributed by atoms with Gasteiger partial charge in [-0.2, -0.15) is 8.78 Å². The summed E-state index contributed by atoms with van der Waals surface area (Å²) in [5.74, 6) is 1.07. The number of halogens is 2. The number of nitrogens with one attached hydrogen (secondary N) is 1. The highest BCUT2D eigenvalue weighted by Gasteiger charge is 2.43. The standard InChI is InChI=1S/C22H29F2N5O2/c1-13-16(17-11-29(19(23)24)14(2)26-17)10-15-6-7-22(27-18(15)25-13)8-9-28(12-22)20(30)31-21(3,4)5/h10-11,19H,6-9,12H2,1-5H3,(H,25,27)/t22-/m0/s1. The summed E-state index contributed by atoms with van der Waals surface area (Å²) in [6, 6.07) is 2.00. The van der Waals surface area contributed by atoms with E-state index in [1.165, 1.54) is 6.20 Å². The maximum atomic E-state index is 13.1. The quantitative estimate of drug-likeness (QED) is 0.744. The minimum absolute atomic E-state index is 0.224. The van der Waals surface area contributed by atoms with E-state index in [2.05, 4.69) is 10.3 Å². The fraction of sp³-hybridized carbons (Fsp3) is 0.591. The lowest BCUT2D eigenvalue weighted by Crippen LogP contribution is -2.46. The highest BCUT2D eigenvalue weighted by molar-refractivity contribution is 5.70. The largest absolute Gasteiger partial charge is 0.444 e. The van der Waals surface area contributed by atoms with Crippen LogP contribution in [0.5, 0.6) is 0 Å². The van der Waals surface area contributed by atoms with E-state index >= 15 is 0 Å². The van der Waals surface area contributed by atoms with E-state index in [1.54, 1.807) is 11.8 Å². The zero-order valence-electron chi connectivity index (χ0n) is 18.6. The smallest absolute Gasteiger partial charge is 0.410 e. The Kier molecular flexibility index (Phi) is 5.18. The van der Waals surface area contributed by atoms with Crippen LogP contribution in [0.25, 0.3) is 11.3 Å². The molecule has 4 heterocycles. The number of hydrogen-bond acceptors (Lipinski definition) is 5. The number of amides is 1. The number of likely N-dealkylation sites (tertiary alicyclic amines) is 1. The molecule has 0 aliphatic carbocycles. The van der Waals surface area contributed by atoms with Crippen LogP contribution in [0.3, 0.4) is 0 Å². The number of alkyl halides is 2. The van der Waals surface area contributed by atoms with Gasteiger partial charge in [0.25, 0.3) is 0 Å². The first-order valence-corrected chi connectivity index (χ1v) is 10.6. The molecule has 1 spiro atoms. The van der Waals surface area contributed by atoms with Crippen LogP contribution < -0.4 is 5.32 Å². The van der Waals surface area contributed by atoms with E-state index in [9.17, 15) is 13.6 Å². The van der Waals surface area contributed by atoms with Crippen molar-refractivity contribution in [2.45, 2.75) is 71.6 Å². The Morgan fingerprint density at radius 2 is 2.00 bits per heavy atom. The van der Waals surface area contributed by atoms with E-state index in [0.29, 0.717) is 18.8 Å². The van der Waals surface area contributed by atoms with Crippen molar-refractivity contribution in [1.29, 1.82) is 0 Å². The fourth-order valence-corrected chi connectivity index (χ4v) is 4.37. The Labute approximate surface area is 180 Å². The van der Waals surface area contributed by atoms with Crippen molar-refractivity contribution >= 4 is 11.9 Å². The lowest BCUT2D eigenvalue weighted by atomic mass is 9.86. The predicted molar refractivity (Wildman–Crippen MR) is 113 cm³/mol. The molecular formula is C22H29F2N5O2. The molecule has 1 N–H and O–H groups in total. The number of fused-ring (bicyclic) bond motifs is 1. The van der Waals surface area contributed by atoms with Crippen molar-refractivity contribution in [2.24, 2.45) is 0 Å². The molecule has 1 amide bonds. The van der Waals surface area contributed by atoms with Crippen molar-refractivity contribution in [3.8, 4) is 11.3 Å². The molecule has 2 aliphatic heterocycles. The zero-order valence-corrected chi connectivity index (χ0v) is 18.6. The molecule has 0 unspecified atom stereocenters. The van der Waals surface area contributed by atoms with Gasteiger partial charge in [0.1, 0.15) is 17.2 Å². The van der Waals surface area contributed by atoms with Gasteiger partial charge < -0.3 is 15.0 Å². The normalized spacial score (nSPS) is 20.8. The molecule has 9 heteroatoms. The summed E-state index contributed by atoms with van der Waals surface area (Å²) in [7, 11) is 0. The number of pyridine rings is 1. The van der Waals surface area contributed by atoms with Gasteiger partial charge in [0.15, 0.2) is 0 Å². The molecule has 2 aromatic heterocycles. The number of imidazole rings is 1. The van der Waals surface area contributed by atoms with Gasteiger partial charge in [-0.15, -0.1) is 0 Å². The van der Waals surface area contributed by atoms with E-state index in [0.717, 1.165) is 46.5 Å². The number of aryl methyl sites for hydroxylation is 3. The SMILES string of the molecule is Cc1nc2c(cc1-c1cn(C(F)F)c(C)n1)CC[C@@]1(CCN(C(=O)OC(C)(C)C)C1)N2. The van der Waals surface area contributed by atoms with Gasteiger partial charge in [-0.25, -0.2) is 14.8 Å². The number of nitrogens with zero attached hydrogens (tertiary/aromatic N) is 4. The maximum Gasteiger partial charge on any atom is 0.410 e. The molecule has 4 rings (SSSR count). The maximum absolute atomic E-state index is 13.1. The first kappa shape index (κ1) is 21.5. The minimum Gasteiger partial charge on any atom is -0.444 e. The predicted octanol–water partition coefficient (Wildman–Crippen LogP) is 4.69. The molecule has 1 saturated heterocycles. The lowest BCUT2D eigenvalue weighted by molar-refractivity contribution is 0.0285. The second-order valence-corrected chi connectivity index (χ2v) is 9.54. The Morgan fingerprint density at radius 1 is 1.26 bits per heavy atom. The second kappa shape index (κ2) is 7.46. The average Bonchev–Trinajstić information content (AvgIpc) is 3.24. The van der Waals surface area contributed by atoms with E-state index in [-0.39, 0.29) is 17.5 Å². The third-order valence-electron chi connectivity index (χ3n) is 5.96. The van der Waals surface area contributed by atoms with Crippen molar-refractivity contribution in [3.63, 3.8) is 0 Å². The van der Waals surface area contributed by atoms with Crippen LogP contribution >= 0.6 is 0 Å². The van der Waals surface area contributed by atoms with Crippen LogP contribution in [0.1, 0.15) is 57.2 Å². The lowest BCUT2D eigenvalue weighted by Gasteiger charge is -2.36. The van der Waals surface area contributed by atoms with Gasteiger partial charge in [0, 0.05) is 30.5 Å².